The van der Waals surface area contributed by atoms with Gasteiger partial charge < -0.3 is 15.2 Å². The highest BCUT2D eigenvalue weighted by atomic mass is 16.5. The van der Waals surface area contributed by atoms with Crippen LogP contribution in [0.25, 0.3) is 0 Å². The normalized spacial score (nSPS) is 37.7. The number of hydrogen-bond donors (Lipinski definition) is 2. The predicted molar refractivity (Wildman–Crippen MR) is 86.9 cm³/mol. The summed E-state index contributed by atoms with van der Waals surface area (Å²) in [6.45, 7) is 0.540. The zero-order valence-electron chi connectivity index (χ0n) is 13.7. The maximum atomic E-state index is 12.9. The Balaban J connectivity index is 1.44. The number of hydrogen-bond acceptors (Lipinski definition) is 3. The Hall–Kier alpha value is -1.55. The number of amides is 1. The maximum Gasteiger partial charge on any atom is 0.226 e. The van der Waals surface area contributed by atoms with Crippen LogP contribution in [0.2, 0.25) is 0 Å². The minimum absolute atomic E-state index is 0.140. The number of methoxy groups -OCH3 is 1. The van der Waals surface area contributed by atoms with E-state index in [9.17, 15) is 9.90 Å². The van der Waals surface area contributed by atoms with Crippen molar-refractivity contribution in [2.24, 2.45) is 17.3 Å². The van der Waals surface area contributed by atoms with Crippen LogP contribution < -0.4 is 10.1 Å². The van der Waals surface area contributed by atoms with Crippen molar-refractivity contribution in [1.29, 1.82) is 0 Å². The summed E-state index contributed by atoms with van der Waals surface area (Å²) in [4.78, 5) is 12.9. The number of carbonyl (C=O) groups is 1. The van der Waals surface area contributed by atoms with E-state index in [0.717, 1.165) is 37.0 Å². The van der Waals surface area contributed by atoms with E-state index >= 15 is 0 Å². The molecule has 4 bridgehead atoms. The molecule has 124 valence electrons. The maximum absolute atomic E-state index is 12.9. The molecule has 23 heavy (non-hydrogen) atoms. The average molecular weight is 315 g/mol. The van der Waals surface area contributed by atoms with Crippen molar-refractivity contribution < 1.29 is 14.6 Å². The van der Waals surface area contributed by atoms with Gasteiger partial charge in [-0.3, -0.25) is 4.79 Å². The Labute approximate surface area is 137 Å². The summed E-state index contributed by atoms with van der Waals surface area (Å²) in [5.41, 5.74) is 0.162. The molecule has 4 atom stereocenters. The van der Waals surface area contributed by atoms with Gasteiger partial charge in [0, 0.05) is 6.54 Å². The molecular weight excluding hydrogens is 290 g/mol. The van der Waals surface area contributed by atoms with Crippen LogP contribution in [0.3, 0.4) is 0 Å². The first-order valence-electron chi connectivity index (χ1n) is 8.64. The molecule has 0 aliphatic heterocycles. The van der Waals surface area contributed by atoms with E-state index in [1.165, 1.54) is 6.42 Å². The summed E-state index contributed by atoms with van der Waals surface area (Å²) in [5, 5.41) is 13.9. The Morgan fingerprint density at radius 3 is 2.43 bits per heavy atom. The molecule has 2 N–H and O–H groups in total. The molecule has 5 rings (SSSR count). The fraction of sp³-hybridized carbons (Fsp3) is 0.632. The molecule has 4 aliphatic carbocycles. The highest BCUT2D eigenvalue weighted by Gasteiger charge is 2.60. The van der Waals surface area contributed by atoms with Gasteiger partial charge in [0.2, 0.25) is 5.91 Å². The van der Waals surface area contributed by atoms with Gasteiger partial charge >= 0.3 is 0 Å². The monoisotopic (exact) mass is 315 g/mol. The smallest absolute Gasteiger partial charge is 0.226 e. The summed E-state index contributed by atoms with van der Waals surface area (Å²) in [5.74, 6) is 2.03. The van der Waals surface area contributed by atoms with E-state index in [0.29, 0.717) is 24.8 Å². The average Bonchev–Trinajstić information content (AvgIpc) is 2.50. The van der Waals surface area contributed by atoms with Crippen molar-refractivity contribution in [1.82, 2.24) is 5.32 Å². The lowest BCUT2D eigenvalue weighted by molar-refractivity contribution is -0.178. The summed E-state index contributed by atoms with van der Waals surface area (Å²) >= 11 is 0. The number of carbonyl (C=O) groups excluding carboxylic acids is 1. The van der Waals surface area contributed by atoms with Gasteiger partial charge in [-0.25, -0.2) is 0 Å². The highest BCUT2D eigenvalue weighted by Crippen LogP contribution is 2.61. The third-order valence-corrected chi connectivity index (χ3v) is 6.12. The Bertz CT molecular complexity index is 596. The lowest BCUT2D eigenvalue weighted by Gasteiger charge is -2.59. The second-order valence-corrected chi connectivity index (χ2v) is 8.00. The minimum Gasteiger partial charge on any atom is -0.497 e. The molecule has 0 radical (unpaired) electrons. The van der Waals surface area contributed by atoms with Gasteiger partial charge in [0.25, 0.3) is 0 Å². The standard InChI is InChI=1S/C19H25NO3/c1-23-16-4-2-13(3-5-16)11-20-17(21)18-7-14-6-15(8-18)10-19(22,9-14)12-18/h2-5,14-15,22H,6-12H2,1H3,(H,20,21)/t14-,15+,18?,19?. The quantitative estimate of drug-likeness (QED) is 0.898. The SMILES string of the molecule is COc1ccc(CNC(=O)C23C[C@@H]4C[C@@H](CC(O)(C4)C2)C3)cc1. The van der Waals surface area contributed by atoms with E-state index in [2.05, 4.69) is 5.32 Å². The van der Waals surface area contributed by atoms with E-state index in [1.807, 2.05) is 24.3 Å². The number of nitrogens with one attached hydrogen (secondary N) is 1. The number of ether oxygens (including phenoxy) is 1. The van der Waals surface area contributed by atoms with Gasteiger partial charge in [0.1, 0.15) is 5.75 Å². The second kappa shape index (κ2) is 5.23. The molecule has 1 amide bonds. The molecule has 4 aliphatic rings. The summed E-state index contributed by atoms with van der Waals surface area (Å²) < 4.78 is 5.16. The number of benzene rings is 1. The van der Waals surface area contributed by atoms with Crippen LogP contribution >= 0.6 is 0 Å². The van der Waals surface area contributed by atoms with Gasteiger partial charge in [0.05, 0.1) is 18.1 Å². The molecule has 0 heterocycles. The molecule has 4 heteroatoms. The molecule has 1 aromatic rings. The summed E-state index contributed by atoms with van der Waals surface area (Å²) in [6, 6.07) is 7.78. The van der Waals surface area contributed by atoms with E-state index in [-0.39, 0.29) is 11.3 Å². The summed E-state index contributed by atoms with van der Waals surface area (Å²) in [6.07, 6.45) is 5.58. The van der Waals surface area contributed by atoms with Crippen molar-refractivity contribution >= 4 is 5.91 Å². The topological polar surface area (TPSA) is 58.6 Å². The fourth-order valence-corrected chi connectivity index (χ4v) is 5.59. The van der Waals surface area contributed by atoms with Gasteiger partial charge in [-0.1, -0.05) is 12.1 Å². The largest absolute Gasteiger partial charge is 0.497 e. The lowest BCUT2D eigenvalue weighted by Crippen LogP contribution is -2.60. The van der Waals surface area contributed by atoms with Crippen molar-refractivity contribution in [3.8, 4) is 5.75 Å². The summed E-state index contributed by atoms with van der Waals surface area (Å²) in [7, 11) is 1.65. The van der Waals surface area contributed by atoms with Crippen molar-refractivity contribution in [2.75, 3.05) is 7.11 Å². The second-order valence-electron chi connectivity index (χ2n) is 8.00. The molecule has 4 saturated carbocycles. The van der Waals surface area contributed by atoms with Crippen LogP contribution in [0.4, 0.5) is 0 Å². The third kappa shape index (κ3) is 2.63. The van der Waals surface area contributed by atoms with Crippen molar-refractivity contribution in [3.05, 3.63) is 29.8 Å². The Kier molecular flexibility index (Phi) is 3.41. The first kappa shape index (κ1) is 15.0. The van der Waals surface area contributed by atoms with Crippen molar-refractivity contribution in [2.45, 2.75) is 50.7 Å². The van der Waals surface area contributed by atoms with E-state index in [4.69, 9.17) is 4.74 Å². The molecule has 0 aromatic heterocycles. The van der Waals surface area contributed by atoms with Crippen LogP contribution in [-0.4, -0.2) is 23.7 Å². The van der Waals surface area contributed by atoms with Gasteiger partial charge in [-0.05, 0) is 68.1 Å². The van der Waals surface area contributed by atoms with Gasteiger partial charge in [-0.2, -0.15) is 0 Å². The van der Waals surface area contributed by atoms with Gasteiger partial charge in [0.15, 0.2) is 0 Å². The first-order chi connectivity index (χ1) is 11.0. The van der Waals surface area contributed by atoms with Crippen LogP contribution in [0.1, 0.15) is 44.1 Å². The number of rotatable bonds is 4. The Morgan fingerprint density at radius 1 is 1.22 bits per heavy atom. The molecule has 0 saturated heterocycles. The van der Waals surface area contributed by atoms with Crippen LogP contribution in [0.15, 0.2) is 24.3 Å². The molecular formula is C19H25NO3. The molecule has 2 unspecified atom stereocenters. The first-order valence-corrected chi connectivity index (χ1v) is 8.64. The van der Waals surface area contributed by atoms with Crippen LogP contribution in [0.5, 0.6) is 5.75 Å². The van der Waals surface area contributed by atoms with Crippen molar-refractivity contribution in [3.63, 3.8) is 0 Å². The zero-order chi connectivity index (χ0) is 16.1. The zero-order valence-corrected chi connectivity index (χ0v) is 13.7. The van der Waals surface area contributed by atoms with E-state index < -0.39 is 5.60 Å². The molecule has 4 fully saturated rings. The van der Waals surface area contributed by atoms with E-state index in [1.54, 1.807) is 7.11 Å². The van der Waals surface area contributed by atoms with Crippen LogP contribution in [-0.2, 0) is 11.3 Å². The Morgan fingerprint density at radius 2 is 1.87 bits per heavy atom. The third-order valence-electron chi connectivity index (χ3n) is 6.12. The fourth-order valence-electron chi connectivity index (χ4n) is 5.59. The molecule has 1 aromatic carbocycles. The predicted octanol–water partition coefficient (Wildman–Crippen LogP) is 2.64. The lowest BCUT2D eigenvalue weighted by atomic mass is 9.47. The number of aliphatic hydroxyl groups is 1. The highest BCUT2D eigenvalue weighted by molar-refractivity contribution is 5.83. The van der Waals surface area contributed by atoms with Crippen LogP contribution in [0, 0.1) is 17.3 Å². The minimum atomic E-state index is -0.582. The van der Waals surface area contributed by atoms with Gasteiger partial charge in [-0.15, -0.1) is 0 Å². The molecule has 0 spiro atoms. The molecule has 4 nitrogen and oxygen atoms in total.